The molecule has 1 fully saturated rings. The zero-order valence-corrected chi connectivity index (χ0v) is 17.4. The number of nitrogens with zero attached hydrogens (tertiary/aromatic N) is 3. The van der Waals surface area contributed by atoms with Gasteiger partial charge < -0.3 is 10.3 Å². The molecule has 2 atom stereocenters. The number of imidazole rings is 1. The Hall–Kier alpha value is -2.56. The van der Waals surface area contributed by atoms with Crippen LogP contribution >= 0.6 is 11.6 Å². The molecule has 0 amide bonds. The van der Waals surface area contributed by atoms with E-state index in [-0.39, 0.29) is 10.9 Å². The summed E-state index contributed by atoms with van der Waals surface area (Å²) in [6, 6.07) is 5.68. The van der Waals surface area contributed by atoms with Gasteiger partial charge in [0.2, 0.25) is 5.95 Å². The Morgan fingerprint density at radius 2 is 2.30 bits per heavy atom. The molecule has 0 radical (unpaired) electrons. The lowest BCUT2D eigenvalue weighted by molar-refractivity contribution is 0.235. The molecular formula is C19H20ClFN6O2S. The molecule has 3 heterocycles. The van der Waals surface area contributed by atoms with Gasteiger partial charge in [-0.3, -0.25) is 14.9 Å². The van der Waals surface area contributed by atoms with Crippen LogP contribution in [0.5, 0.6) is 0 Å². The molecule has 2 aromatic heterocycles. The maximum atomic E-state index is 13.4. The Bertz CT molecular complexity index is 1120. The van der Waals surface area contributed by atoms with E-state index in [1.54, 1.807) is 12.3 Å². The van der Waals surface area contributed by atoms with E-state index in [4.69, 9.17) is 11.6 Å². The van der Waals surface area contributed by atoms with Gasteiger partial charge >= 0.3 is 0 Å². The average Bonchev–Trinajstić information content (AvgIpc) is 3.16. The number of pyridine rings is 1. The monoisotopic (exact) mass is 450 g/mol. The van der Waals surface area contributed by atoms with Crippen molar-refractivity contribution in [2.75, 3.05) is 23.4 Å². The van der Waals surface area contributed by atoms with Crippen molar-refractivity contribution in [3.63, 3.8) is 0 Å². The highest BCUT2D eigenvalue weighted by molar-refractivity contribution is 7.85. The fraction of sp³-hybridized carbons (Fsp3) is 0.316. The highest BCUT2D eigenvalue weighted by Gasteiger charge is 2.19. The number of hydroxylamine groups is 1. The standard InChI is InChI=1S/C19H20ClFN6O2S/c20-14-8-12(3-4-15(14)21)24-17(27-28)13-5-6-22-18-16(13)25-19(26-18)23-9-11-2-1-7-30(29)10-11/h3-6,8,11,28H,1-2,7,9-10H2,(H,24,27)(H2,22,23,25,26). The topological polar surface area (TPSA) is 115 Å². The minimum Gasteiger partial charge on any atom is -0.355 e. The van der Waals surface area contributed by atoms with Crippen LogP contribution < -0.4 is 10.8 Å². The highest BCUT2D eigenvalue weighted by Crippen LogP contribution is 2.24. The molecular weight excluding hydrogens is 431 g/mol. The second-order valence-electron chi connectivity index (χ2n) is 7.01. The number of nitrogens with one attached hydrogen (secondary N) is 3. The second-order valence-corrected chi connectivity index (χ2v) is 9.04. The SMILES string of the molecule is O=S1CCCC(CNc2nc3nccc(C(=Nc4ccc(F)c(Cl)c4)NO)c3[nH]2)C1. The molecule has 0 spiro atoms. The number of H-pyrrole nitrogens is 1. The first kappa shape index (κ1) is 20.7. The predicted molar refractivity (Wildman–Crippen MR) is 116 cm³/mol. The Balaban J connectivity index is 1.59. The Morgan fingerprint density at radius 1 is 1.43 bits per heavy atom. The third-order valence-electron chi connectivity index (χ3n) is 4.86. The first-order valence-electron chi connectivity index (χ1n) is 9.41. The maximum Gasteiger partial charge on any atom is 0.202 e. The van der Waals surface area contributed by atoms with Gasteiger partial charge in [0.05, 0.1) is 16.2 Å². The van der Waals surface area contributed by atoms with Crippen LogP contribution in [0, 0.1) is 11.7 Å². The lowest BCUT2D eigenvalue weighted by Crippen LogP contribution is -2.26. The van der Waals surface area contributed by atoms with Crippen LogP contribution in [0.4, 0.5) is 16.0 Å². The molecule has 0 aliphatic carbocycles. The summed E-state index contributed by atoms with van der Waals surface area (Å²) in [5.41, 5.74) is 3.99. The molecule has 1 aliphatic rings. The fourth-order valence-corrected chi connectivity index (χ4v) is 5.03. The van der Waals surface area contributed by atoms with Crippen LogP contribution in [0.15, 0.2) is 35.5 Å². The molecule has 4 rings (SSSR count). The Kier molecular flexibility index (Phi) is 6.26. The number of fused-ring (bicyclic) bond motifs is 1. The summed E-state index contributed by atoms with van der Waals surface area (Å²) in [5.74, 6) is 1.92. The van der Waals surface area contributed by atoms with Gasteiger partial charge in [0.1, 0.15) is 5.82 Å². The number of aliphatic imine (C=N–C) groups is 1. The van der Waals surface area contributed by atoms with Crippen LogP contribution in [-0.2, 0) is 10.8 Å². The van der Waals surface area contributed by atoms with Gasteiger partial charge in [-0.2, -0.15) is 4.98 Å². The summed E-state index contributed by atoms with van der Waals surface area (Å²) in [5, 5.41) is 12.8. The van der Waals surface area contributed by atoms with E-state index >= 15 is 0 Å². The molecule has 2 unspecified atom stereocenters. The van der Waals surface area contributed by atoms with E-state index in [0.717, 1.165) is 18.6 Å². The summed E-state index contributed by atoms with van der Waals surface area (Å²) < 4.78 is 25.1. The number of amidine groups is 1. The Labute approximate surface area is 179 Å². The largest absolute Gasteiger partial charge is 0.355 e. The van der Waals surface area contributed by atoms with E-state index in [0.29, 0.717) is 46.6 Å². The van der Waals surface area contributed by atoms with Crippen LogP contribution in [-0.4, -0.2) is 48.3 Å². The van der Waals surface area contributed by atoms with Crippen LogP contribution in [0.2, 0.25) is 5.02 Å². The van der Waals surface area contributed by atoms with Crippen LogP contribution in [0.25, 0.3) is 11.2 Å². The molecule has 1 saturated heterocycles. The van der Waals surface area contributed by atoms with Crippen molar-refractivity contribution < 1.29 is 13.8 Å². The van der Waals surface area contributed by atoms with Gasteiger partial charge in [0, 0.05) is 40.6 Å². The van der Waals surface area contributed by atoms with E-state index in [9.17, 15) is 13.8 Å². The second kappa shape index (κ2) is 9.07. The van der Waals surface area contributed by atoms with Crippen molar-refractivity contribution in [3.8, 4) is 0 Å². The first-order valence-corrected chi connectivity index (χ1v) is 11.3. The lowest BCUT2D eigenvalue weighted by Gasteiger charge is -2.21. The predicted octanol–water partition coefficient (Wildman–Crippen LogP) is 3.38. The number of hydrogen-bond donors (Lipinski definition) is 4. The van der Waals surface area contributed by atoms with Gasteiger partial charge in [-0.05, 0) is 43.0 Å². The average molecular weight is 451 g/mol. The van der Waals surface area contributed by atoms with Crippen molar-refractivity contribution in [1.29, 1.82) is 0 Å². The summed E-state index contributed by atoms with van der Waals surface area (Å²) in [4.78, 5) is 16.2. The van der Waals surface area contributed by atoms with E-state index in [2.05, 4.69) is 30.7 Å². The number of halogens is 2. The zero-order chi connectivity index (χ0) is 21.1. The molecule has 1 aromatic carbocycles. The van der Waals surface area contributed by atoms with Crippen LogP contribution in [0.1, 0.15) is 18.4 Å². The van der Waals surface area contributed by atoms with Crippen molar-refractivity contribution in [2.24, 2.45) is 10.9 Å². The summed E-state index contributed by atoms with van der Waals surface area (Å²) in [6.07, 6.45) is 3.56. The molecule has 158 valence electrons. The van der Waals surface area contributed by atoms with E-state index in [1.807, 2.05) is 0 Å². The first-order chi connectivity index (χ1) is 14.5. The number of hydrogen-bond acceptors (Lipinski definition) is 6. The van der Waals surface area contributed by atoms with E-state index in [1.165, 1.54) is 18.2 Å². The van der Waals surface area contributed by atoms with Gasteiger partial charge in [-0.1, -0.05) is 11.6 Å². The van der Waals surface area contributed by atoms with Crippen molar-refractivity contribution >= 4 is 51.0 Å². The fourth-order valence-electron chi connectivity index (χ4n) is 3.39. The summed E-state index contributed by atoms with van der Waals surface area (Å²) in [6.45, 7) is 0.661. The normalized spacial score (nSPS) is 19.8. The van der Waals surface area contributed by atoms with Gasteiger partial charge in [-0.25, -0.2) is 14.4 Å². The number of anilines is 1. The van der Waals surface area contributed by atoms with E-state index < -0.39 is 16.6 Å². The molecule has 30 heavy (non-hydrogen) atoms. The third-order valence-corrected chi connectivity index (χ3v) is 6.74. The maximum absolute atomic E-state index is 13.4. The quantitative estimate of drug-likeness (QED) is 0.269. The molecule has 11 heteroatoms. The smallest absolute Gasteiger partial charge is 0.202 e. The number of rotatable bonds is 5. The van der Waals surface area contributed by atoms with Crippen LogP contribution in [0.3, 0.4) is 0 Å². The number of aromatic nitrogens is 3. The highest BCUT2D eigenvalue weighted by atomic mass is 35.5. The van der Waals surface area contributed by atoms with Gasteiger partial charge in [0.15, 0.2) is 11.5 Å². The van der Waals surface area contributed by atoms with Gasteiger partial charge in [0.25, 0.3) is 0 Å². The van der Waals surface area contributed by atoms with Crippen molar-refractivity contribution in [2.45, 2.75) is 12.8 Å². The Morgan fingerprint density at radius 3 is 3.07 bits per heavy atom. The molecule has 1 aliphatic heterocycles. The van der Waals surface area contributed by atoms with Crippen molar-refractivity contribution in [3.05, 3.63) is 46.9 Å². The number of benzene rings is 1. The molecule has 0 saturated carbocycles. The third kappa shape index (κ3) is 4.61. The zero-order valence-electron chi connectivity index (χ0n) is 15.9. The minimum absolute atomic E-state index is 0.0647. The lowest BCUT2D eigenvalue weighted by atomic mass is 10.1. The molecule has 0 bridgehead atoms. The summed E-state index contributed by atoms with van der Waals surface area (Å²) >= 11 is 5.81. The number of aromatic amines is 1. The van der Waals surface area contributed by atoms with Gasteiger partial charge in [-0.15, -0.1) is 0 Å². The summed E-state index contributed by atoms with van der Waals surface area (Å²) in [7, 11) is -0.744. The molecule has 8 nitrogen and oxygen atoms in total. The molecule has 4 N–H and O–H groups in total. The molecule has 3 aromatic rings. The minimum atomic E-state index is -0.744. The van der Waals surface area contributed by atoms with Crippen molar-refractivity contribution in [1.82, 2.24) is 20.4 Å².